The maximum atomic E-state index is 12.2. The Bertz CT molecular complexity index is 705. The Balaban J connectivity index is 1.88. The quantitative estimate of drug-likeness (QED) is 0.796. The highest BCUT2D eigenvalue weighted by Gasteiger charge is 2.43. The van der Waals surface area contributed by atoms with Gasteiger partial charge in [-0.25, -0.2) is 9.50 Å². The summed E-state index contributed by atoms with van der Waals surface area (Å²) in [5.41, 5.74) is 4.34. The average molecular weight is 270 g/mol. The van der Waals surface area contributed by atoms with Crippen LogP contribution in [0.3, 0.4) is 0 Å². The van der Waals surface area contributed by atoms with E-state index in [1.807, 2.05) is 30.6 Å². The zero-order valence-corrected chi connectivity index (χ0v) is 11.8. The lowest BCUT2D eigenvalue weighted by Crippen LogP contribution is -2.42. The van der Waals surface area contributed by atoms with Crippen molar-refractivity contribution in [1.82, 2.24) is 19.5 Å². The van der Waals surface area contributed by atoms with Gasteiger partial charge in [0.15, 0.2) is 5.65 Å². The molecule has 0 radical (unpaired) electrons. The third-order valence-electron chi connectivity index (χ3n) is 4.62. The van der Waals surface area contributed by atoms with Crippen molar-refractivity contribution in [1.29, 1.82) is 0 Å². The second-order valence-corrected chi connectivity index (χ2v) is 5.82. The average Bonchev–Trinajstić information content (AvgIpc) is 2.97. The van der Waals surface area contributed by atoms with Gasteiger partial charge < -0.3 is 4.90 Å². The lowest BCUT2D eigenvalue weighted by Gasteiger charge is -2.36. The molecule has 2 aliphatic heterocycles. The Hall–Kier alpha value is -1.91. The van der Waals surface area contributed by atoms with E-state index in [1.165, 1.54) is 11.3 Å². The van der Waals surface area contributed by atoms with Crippen molar-refractivity contribution < 1.29 is 4.79 Å². The normalized spacial score (nSPS) is 24.2. The van der Waals surface area contributed by atoms with E-state index >= 15 is 0 Å². The van der Waals surface area contributed by atoms with Crippen molar-refractivity contribution in [2.75, 3.05) is 0 Å². The molecule has 4 rings (SSSR count). The van der Waals surface area contributed by atoms with Gasteiger partial charge in [-0.1, -0.05) is 6.92 Å². The summed E-state index contributed by atoms with van der Waals surface area (Å²) in [5, 5.41) is 4.56. The second-order valence-electron chi connectivity index (χ2n) is 5.82. The van der Waals surface area contributed by atoms with Crippen LogP contribution in [0.15, 0.2) is 12.3 Å². The predicted octanol–water partition coefficient (Wildman–Crippen LogP) is 2.04. The Labute approximate surface area is 117 Å². The van der Waals surface area contributed by atoms with Gasteiger partial charge in [0.05, 0.1) is 17.4 Å². The number of carbonyl (C=O) groups excluding carboxylic acids is 1. The van der Waals surface area contributed by atoms with Crippen LogP contribution in [-0.2, 0) is 11.2 Å². The van der Waals surface area contributed by atoms with E-state index in [0.717, 1.165) is 30.6 Å². The van der Waals surface area contributed by atoms with Gasteiger partial charge >= 0.3 is 0 Å². The summed E-state index contributed by atoms with van der Waals surface area (Å²) >= 11 is 0. The third-order valence-corrected chi connectivity index (χ3v) is 4.62. The molecule has 1 saturated heterocycles. The molecule has 5 nitrogen and oxygen atoms in total. The molecule has 2 atom stereocenters. The molecule has 2 unspecified atom stereocenters. The Morgan fingerprint density at radius 2 is 2.30 bits per heavy atom. The minimum Gasteiger partial charge on any atom is -0.332 e. The summed E-state index contributed by atoms with van der Waals surface area (Å²) < 4.78 is 1.98. The van der Waals surface area contributed by atoms with Crippen LogP contribution in [0.1, 0.15) is 49.2 Å². The number of aryl methyl sites for hydroxylation is 1. The first-order valence-electron chi connectivity index (χ1n) is 7.34. The van der Waals surface area contributed by atoms with E-state index in [2.05, 4.69) is 15.0 Å². The molecule has 0 aromatic carbocycles. The molecular formula is C15H18N4O. The lowest BCUT2D eigenvalue weighted by atomic mass is 9.99. The molecule has 2 aromatic heterocycles. The van der Waals surface area contributed by atoms with Crippen LogP contribution in [0.25, 0.3) is 5.65 Å². The van der Waals surface area contributed by atoms with Crippen molar-refractivity contribution in [3.63, 3.8) is 0 Å². The Kier molecular flexibility index (Phi) is 2.40. The van der Waals surface area contributed by atoms with Gasteiger partial charge in [0.25, 0.3) is 0 Å². The summed E-state index contributed by atoms with van der Waals surface area (Å²) in [6.45, 7) is 3.93. The van der Waals surface area contributed by atoms with Crippen molar-refractivity contribution in [3.8, 4) is 0 Å². The monoisotopic (exact) mass is 270 g/mol. The number of fused-ring (bicyclic) bond motifs is 6. The minimum absolute atomic E-state index is 0.206. The summed E-state index contributed by atoms with van der Waals surface area (Å²) in [6, 6.07) is 2.55. The van der Waals surface area contributed by atoms with Gasteiger partial charge in [-0.15, -0.1) is 0 Å². The van der Waals surface area contributed by atoms with Crippen LogP contribution in [0.5, 0.6) is 0 Å². The molecule has 20 heavy (non-hydrogen) atoms. The van der Waals surface area contributed by atoms with Gasteiger partial charge in [0.1, 0.15) is 0 Å². The molecule has 2 aliphatic rings. The maximum Gasteiger partial charge on any atom is 0.223 e. The van der Waals surface area contributed by atoms with Crippen LogP contribution < -0.4 is 0 Å². The predicted molar refractivity (Wildman–Crippen MR) is 74.3 cm³/mol. The van der Waals surface area contributed by atoms with Gasteiger partial charge in [0, 0.05) is 36.7 Å². The number of carbonyl (C=O) groups is 1. The van der Waals surface area contributed by atoms with Gasteiger partial charge in [-0.05, 0) is 19.8 Å². The highest BCUT2D eigenvalue weighted by Crippen LogP contribution is 2.43. The van der Waals surface area contributed by atoms with E-state index in [1.54, 1.807) is 0 Å². The highest BCUT2D eigenvalue weighted by molar-refractivity contribution is 5.77. The highest BCUT2D eigenvalue weighted by atomic mass is 16.2. The number of hydrogen-bond acceptors (Lipinski definition) is 3. The fourth-order valence-electron chi connectivity index (χ4n) is 3.76. The summed E-state index contributed by atoms with van der Waals surface area (Å²) in [6.07, 6.45) is 5.58. The molecule has 5 heteroatoms. The van der Waals surface area contributed by atoms with Crippen molar-refractivity contribution in [2.24, 2.45) is 0 Å². The van der Waals surface area contributed by atoms with Gasteiger partial charge in [-0.3, -0.25) is 4.79 Å². The number of rotatable bonds is 1. The number of nitrogens with zero attached hydrogens (tertiary/aromatic N) is 4. The zero-order valence-electron chi connectivity index (χ0n) is 11.8. The fraction of sp³-hybridized carbons (Fsp3) is 0.533. The molecule has 1 amide bonds. The maximum absolute atomic E-state index is 12.2. The van der Waals surface area contributed by atoms with Crippen LogP contribution >= 0.6 is 0 Å². The van der Waals surface area contributed by atoms with E-state index in [0.29, 0.717) is 12.5 Å². The number of aromatic nitrogens is 3. The standard InChI is InChI=1S/C15H18N4O/c1-3-15(20)18-10-4-5-12(18)11-8-16-14-6-9(2)17-19(14)13(11)7-10/h6,8,10,12H,3-5,7H2,1-2H3. The first-order chi connectivity index (χ1) is 9.69. The fourth-order valence-corrected chi connectivity index (χ4v) is 3.76. The van der Waals surface area contributed by atoms with E-state index in [9.17, 15) is 4.79 Å². The first kappa shape index (κ1) is 11.9. The molecule has 2 bridgehead atoms. The molecule has 2 aromatic rings. The van der Waals surface area contributed by atoms with Crippen molar-refractivity contribution in [2.45, 2.75) is 51.6 Å². The van der Waals surface area contributed by atoms with Crippen LogP contribution in [0.2, 0.25) is 0 Å². The Morgan fingerprint density at radius 3 is 3.10 bits per heavy atom. The van der Waals surface area contributed by atoms with Crippen LogP contribution in [0, 0.1) is 6.92 Å². The minimum atomic E-state index is 0.206. The molecule has 0 saturated carbocycles. The SMILES string of the molecule is CCC(=O)N1C2CCC1c1cnc3cc(C)nn3c1C2. The summed E-state index contributed by atoms with van der Waals surface area (Å²) in [4.78, 5) is 18.8. The van der Waals surface area contributed by atoms with E-state index < -0.39 is 0 Å². The molecule has 104 valence electrons. The second kappa shape index (κ2) is 4.04. The number of hydrogen-bond donors (Lipinski definition) is 0. The molecule has 1 fully saturated rings. The van der Waals surface area contributed by atoms with E-state index in [-0.39, 0.29) is 11.9 Å². The molecular weight excluding hydrogens is 252 g/mol. The van der Waals surface area contributed by atoms with Crippen molar-refractivity contribution >= 4 is 11.6 Å². The lowest BCUT2D eigenvalue weighted by molar-refractivity contribution is -0.134. The van der Waals surface area contributed by atoms with Gasteiger partial charge in [0.2, 0.25) is 5.91 Å². The molecule has 0 N–H and O–H groups in total. The van der Waals surface area contributed by atoms with Crippen LogP contribution in [-0.4, -0.2) is 31.4 Å². The summed E-state index contributed by atoms with van der Waals surface area (Å²) in [7, 11) is 0. The van der Waals surface area contributed by atoms with Crippen LogP contribution in [0.4, 0.5) is 0 Å². The third kappa shape index (κ3) is 1.46. The van der Waals surface area contributed by atoms with Gasteiger partial charge in [-0.2, -0.15) is 5.10 Å². The summed E-state index contributed by atoms with van der Waals surface area (Å²) in [5.74, 6) is 0.264. The molecule has 0 spiro atoms. The smallest absolute Gasteiger partial charge is 0.223 e. The topological polar surface area (TPSA) is 50.5 Å². The largest absolute Gasteiger partial charge is 0.332 e. The van der Waals surface area contributed by atoms with E-state index in [4.69, 9.17) is 0 Å². The van der Waals surface area contributed by atoms with Crippen molar-refractivity contribution in [3.05, 3.63) is 29.2 Å². The number of amides is 1. The zero-order chi connectivity index (χ0) is 13.9. The Morgan fingerprint density at radius 1 is 1.45 bits per heavy atom. The first-order valence-corrected chi connectivity index (χ1v) is 7.34. The molecule has 4 heterocycles. The molecule has 0 aliphatic carbocycles.